The Morgan fingerprint density at radius 2 is 1.85 bits per heavy atom. The second-order valence-electron chi connectivity index (χ2n) is 9.55. The first kappa shape index (κ1) is 26.4. The number of unbranched alkanes of at least 4 members (excludes halogenated alkanes) is 2. The van der Waals surface area contributed by atoms with Gasteiger partial charge >= 0.3 is 0 Å². The molecule has 0 heterocycles. The summed E-state index contributed by atoms with van der Waals surface area (Å²) in [5, 5.41) is 12.5. The Labute approximate surface area is 197 Å². The molecule has 0 saturated carbocycles. The van der Waals surface area contributed by atoms with E-state index in [0.29, 0.717) is 17.0 Å². The fourth-order valence-electron chi connectivity index (χ4n) is 4.08. The number of carbonyl (C=O) groups excluding carboxylic acids is 2. The van der Waals surface area contributed by atoms with Crippen LogP contribution in [-0.2, 0) is 16.8 Å². The smallest absolute Gasteiger partial charge is 0.248 e. The topological polar surface area (TPSA) is 102 Å². The van der Waals surface area contributed by atoms with E-state index in [9.17, 15) is 14.7 Å². The summed E-state index contributed by atoms with van der Waals surface area (Å²) in [4.78, 5) is 24.9. The highest BCUT2D eigenvalue weighted by Gasteiger charge is 2.23. The minimum atomic E-state index is -0.530. The molecule has 0 saturated heterocycles. The molecular weight excluding hydrogens is 416 g/mol. The number of anilines is 1. The fraction of sp³-hybridized carbons (Fsp3) is 0.481. The van der Waals surface area contributed by atoms with Gasteiger partial charge in [0.1, 0.15) is 5.75 Å². The van der Waals surface area contributed by atoms with Crippen molar-refractivity contribution in [1.29, 1.82) is 0 Å². The van der Waals surface area contributed by atoms with Crippen molar-refractivity contribution in [3.05, 3.63) is 58.7 Å². The van der Waals surface area contributed by atoms with Crippen LogP contribution < -0.4 is 15.8 Å². The van der Waals surface area contributed by atoms with Gasteiger partial charge in [-0.25, -0.2) is 0 Å². The van der Waals surface area contributed by atoms with Crippen LogP contribution in [0.25, 0.3) is 0 Å². The first-order chi connectivity index (χ1) is 15.6. The van der Waals surface area contributed by atoms with Crippen molar-refractivity contribution in [3.63, 3.8) is 0 Å². The number of nitrogens with one attached hydrogen (secondary N) is 1. The van der Waals surface area contributed by atoms with Crippen LogP contribution in [0.1, 0.15) is 92.8 Å². The SMILES string of the molecule is CCCCCC(CC(=O)Nc1cc(C(N)=O)ccc1C(C)(C)C)c1ccc(CO)cc1OC. The van der Waals surface area contributed by atoms with E-state index in [0.717, 1.165) is 42.4 Å². The predicted octanol–water partition coefficient (Wildman–Crippen LogP) is 5.28. The van der Waals surface area contributed by atoms with Crippen LogP contribution in [0.3, 0.4) is 0 Å². The van der Waals surface area contributed by atoms with Gasteiger partial charge in [-0.3, -0.25) is 9.59 Å². The summed E-state index contributed by atoms with van der Waals surface area (Å²) in [5.41, 5.74) is 8.89. The number of ether oxygens (including phenoxy) is 1. The monoisotopic (exact) mass is 454 g/mol. The van der Waals surface area contributed by atoms with E-state index in [1.807, 2.05) is 24.3 Å². The van der Waals surface area contributed by atoms with E-state index >= 15 is 0 Å². The third-order valence-corrected chi connectivity index (χ3v) is 5.89. The van der Waals surface area contributed by atoms with Gasteiger partial charge < -0.3 is 20.9 Å². The number of aliphatic hydroxyl groups is 1. The van der Waals surface area contributed by atoms with Gasteiger partial charge in [-0.2, -0.15) is 0 Å². The molecule has 2 amide bonds. The maximum absolute atomic E-state index is 13.2. The summed E-state index contributed by atoms with van der Waals surface area (Å²) in [7, 11) is 1.61. The molecule has 33 heavy (non-hydrogen) atoms. The molecule has 1 atom stereocenters. The average molecular weight is 455 g/mol. The van der Waals surface area contributed by atoms with Gasteiger partial charge in [-0.1, -0.05) is 65.2 Å². The quantitative estimate of drug-likeness (QED) is 0.402. The van der Waals surface area contributed by atoms with E-state index in [1.54, 1.807) is 19.2 Å². The zero-order chi connectivity index (χ0) is 24.6. The van der Waals surface area contributed by atoms with Gasteiger partial charge in [0.05, 0.1) is 13.7 Å². The molecule has 2 aromatic rings. The molecule has 0 aliphatic heterocycles. The van der Waals surface area contributed by atoms with Gasteiger partial charge in [-0.05, 0) is 52.6 Å². The Hall–Kier alpha value is -2.86. The van der Waals surface area contributed by atoms with Crippen LogP contribution in [0, 0.1) is 0 Å². The average Bonchev–Trinajstić information content (AvgIpc) is 2.77. The highest BCUT2D eigenvalue weighted by atomic mass is 16.5. The van der Waals surface area contributed by atoms with Crippen molar-refractivity contribution in [2.75, 3.05) is 12.4 Å². The standard InChI is InChI=1S/C27H38N2O4/c1-6-7-8-9-19(21-12-10-18(17-30)14-24(21)33-5)16-25(31)29-23-15-20(26(28)32)11-13-22(23)27(2,3)4/h10-15,19,30H,6-9,16-17H2,1-5H3,(H2,28,32)(H,29,31). The predicted molar refractivity (Wildman–Crippen MR) is 133 cm³/mol. The lowest BCUT2D eigenvalue weighted by atomic mass is 9.84. The number of primary amides is 1. The zero-order valence-corrected chi connectivity index (χ0v) is 20.5. The molecule has 6 heteroatoms. The molecule has 2 aromatic carbocycles. The molecule has 1 unspecified atom stereocenters. The highest BCUT2D eigenvalue weighted by Crippen LogP contribution is 2.35. The number of benzene rings is 2. The van der Waals surface area contributed by atoms with Gasteiger partial charge in [0.25, 0.3) is 0 Å². The summed E-state index contributed by atoms with van der Waals surface area (Å²) < 4.78 is 5.59. The first-order valence-electron chi connectivity index (χ1n) is 11.6. The molecule has 4 N–H and O–H groups in total. The number of methoxy groups -OCH3 is 1. The Morgan fingerprint density at radius 3 is 2.42 bits per heavy atom. The number of aliphatic hydroxyl groups excluding tert-OH is 1. The van der Waals surface area contributed by atoms with Crippen LogP contribution >= 0.6 is 0 Å². The Morgan fingerprint density at radius 1 is 1.12 bits per heavy atom. The third-order valence-electron chi connectivity index (χ3n) is 5.89. The Kier molecular flexibility index (Phi) is 9.47. The van der Waals surface area contributed by atoms with Crippen molar-refractivity contribution in [2.24, 2.45) is 5.73 Å². The molecular formula is C27H38N2O4. The summed E-state index contributed by atoms with van der Waals surface area (Å²) in [5.74, 6) is -0.00683. The van der Waals surface area contributed by atoms with E-state index < -0.39 is 5.91 Å². The molecule has 180 valence electrons. The molecule has 0 aliphatic carbocycles. The molecule has 0 aliphatic rings. The molecule has 2 rings (SSSR count). The van der Waals surface area contributed by atoms with Crippen LogP contribution in [-0.4, -0.2) is 24.0 Å². The van der Waals surface area contributed by atoms with Crippen LogP contribution in [0.2, 0.25) is 0 Å². The van der Waals surface area contributed by atoms with Crippen molar-refractivity contribution in [1.82, 2.24) is 0 Å². The highest BCUT2D eigenvalue weighted by molar-refractivity contribution is 5.97. The van der Waals surface area contributed by atoms with E-state index in [1.165, 1.54) is 0 Å². The third kappa shape index (κ3) is 7.32. The molecule has 0 bridgehead atoms. The molecule has 6 nitrogen and oxygen atoms in total. The lowest BCUT2D eigenvalue weighted by Gasteiger charge is -2.25. The van der Waals surface area contributed by atoms with Crippen molar-refractivity contribution < 1.29 is 19.4 Å². The number of carbonyl (C=O) groups is 2. The van der Waals surface area contributed by atoms with Crippen LogP contribution in [0.5, 0.6) is 5.75 Å². The minimum Gasteiger partial charge on any atom is -0.496 e. The van der Waals surface area contributed by atoms with Crippen LogP contribution in [0.15, 0.2) is 36.4 Å². The fourth-order valence-corrected chi connectivity index (χ4v) is 4.08. The lowest BCUT2D eigenvalue weighted by Crippen LogP contribution is -2.22. The van der Waals surface area contributed by atoms with Gasteiger partial charge in [0.15, 0.2) is 0 Å². The zero-order valence-electron chi connectivity index (χ0n) is 20.5. The van der Waals surface area contributed by atoms with Crippen molar-refractivity contribution in [2.45, 2.75) is 77.7 Å². The van der Waals surface area contributed by atoms with Crippen molar-refractivity contribution >= 4 is 17.5 Å². The van der Waals surface area contributed by atoms with E-state index in [2.05, 4.69) is 33.0 Å². The van der Waals surface area contributed by atoms with Crippen molar-refractivity contribution in [3.8, 4) is 5.75 Å². The van der Waals surface area contributed by atoms with Crippen LogP contribution in [0.4, 0.5) is 5.69 Å². The first-order valence-corrected chi connectivity index (χ1v) is 11.6. The Balaban J connectivity index is 2.34. The van der Waals surface area contributed by atoms with Gasteiger partial charge in [0, 0.05) is 17.7 Å². The molecule has 0 aromatic heterocycles. The van der Waals surface area contributed by atoms with E-state index in [-0.39, 0.29) is 30.3 Å². The van der Waals surface area contributed by atoms with Gasteiger partial charge in [-0.15, -0.1) is 0 Å². The molecule has 0 radical (unpaired) electrons. The second kappa shape index (κ2) is 11.8. The number of hydrogen-bond acceptors (Lipinski definition) is 4. The largest absolute Gasteiger partial charge is 0.496 e. The minimum absolute atomic E-state index is 0.0309. The normalized spacial score (nSPS) is 12.3. The summed E-state index contributed by atoms with van der Waals surface area (Å²) >= 11 is 0. The second-order valence-corrected chi connectivity index (χ2v) is 9.55. The molecule has 0 fully saturated rings. The molecule has 0 spiro atoms. The lowest BCUT2D eigenvalue weighted by molar-refractivity contribution is -0.116. The van der Waals surface area contributed by atoms with E-state index in [4.69, 9.17) is 10.5 Å². The van der Waals surface area contributed by atoms with Gasteiger partial charge in [0.2, 0.25) is 11.8 Å². The number of amides is 2. The number of hydrogen-bond donors (Lipinski definition) is 3. The summed E-state index contributed by atoms with van der Waals surface area (Å²) in [6.07, 6.45) is 4.31. The Bertz CT molecular complexity index is 963. The number of nitrogens with two attached hydrogens (primary N) is 1. The maximum atomic E-state index is 13.2. The number of rotatable bonds is 11. The summed E-state index contributed by atoms with van der Waals surface area (Å²) in [6.45, 7) is 8.26. The summed E-state index contributed by atoms with van der Waals surface area (Å²) in [6, 6.07) is 10.8. The maximum Gasteiger partial charge on any atom is 0.248 e.